The summed E-state index contributed by atoms with van der Waals surface area (Å²) in [7, 11) is 0. The van der Waals surface area contributed by atoms with Gasteiger partial charge in [-0.3, -0.25) is 9.48 Å². The van der Waals surface area contributed by atoms with E-state index in [-0.39, 0.29) is 11.9 Å². The van der Waals surface area contributed by atoms with Crippen LogP contribution in [0.15, 0.2) is 18.5 Å². The number of rotatable bonds is 4. The van der Waals surface area contributed by atoms with Gasteiger partial charge in [-0.2, -0.15) is 5.10 Å². The standard InChI is InChI=1S/C17H24N6O/c1-2-6-21-12-14(10-16(21)24)22-8-5-19-17(22)15-9-13-11-18-4-3-7-23(13)20-15/h5,8-9,14,18H,2-4,6-7,10-12H2,1H3/t14-/m0/s1. The number of likely N-dealkylation sites (tertiary alicyclic amines) is 1. The first kappa shape index (κ1) is 15.4. The maximum absolute atomic E-state index is 12.2. The quantitative estimate of drug-likeness (QED) is 0.922. The molecule has 2 aliphatic heterocycles. The molecule has 0 saturated carbocycles. The first-order valence-electron chi connectivity index (χ1n) is 8.84. The second-order valence-corrected chi connectivity index (χ2v) is 6.63. The molecule has 1 fully saturated rings. The monoisotopic (exact) mass is 328 g/mol. The Morgan fingerprint density at radius 1 is 1.42 bits per heavy atom. The Hall–Kier alpha value is -2.15. The molecule has 0 unspecified atom stereocenters. The van der Waals surface area contributed by atoms with E-state index in [2.05, 4.69) is 32.5 Å². The molecule has 2 aromatic rings. The van der Waals surface area contributed by atoms with Crippen molar-refractivity contribution >= 4 is 5.91 Å². The highest BCUT2D eigenvalue weighted by atomic mass is 16.2. The van der Waals surface area contributed by atoms with Gasteiger partial charge in [0.05, 0.1) is 11.7 Å². The summed E-state index contributed by atoms with van der Waals surface area (Å²) < 4.78 is 4.21. The molecule has 7 heteroatoms. The number of fused-ring (bicyclic) bond motifs is 1. The van der Waals surface area contributed by atoms with Crippen molar-refractivity contribution in [2.24, 2.45) is 0 Å². The minimum Gasteiger partial charge on any atom is -0.341 e. The third-order valence-corrected chi connectivity index (χ3v) is 4.87. The molecule has 0 bridgehead atoms. The van der Waals surface area contributed by atoms with E-state index in [1.807, 2.05) is 17.3 Å². The van der Waals surface area contributed by atoms with Crippen molar-refractivity contribution < 1.29 is 4.79 Å². The second kappa shape index (κ2) is 6.39. The Morgan fingerprint density at radius 3 is 3.21 bits per heavy atom. The van der Waals surface area contributed by atoms with Crippen molar-refractivity contribution in [3.8, 4) is 11.5 Å². The van der Waals surface area contributed by atoms with Crippen LogP contribution in [0.4, 0.5) is 0 Å². The van der Waals surface area contributed by atoms with Gasteiger partial charge < -0.3 is 14.8 Å². The molecule has 1 atom stereocenters. The maximum atomic E-state index is 12.2. The average Bonchev–Trinajstić information content (AvgIpc) is 3.24. The molecular formula is C17H24N6O. The fraction of sp³-hybridized carbons (Fsp3) is 0.588. The van der Waals surface area contributed by atoms with E-state index in [4.69, 9.17) is 5.10 Å². The predicted octanol–water partition coefficient (Wildman–Crippen LogP) is 1.42. The molecule has 4 rings (SSSR count). The SMILES string of the molecule is CCCN1C[C@@H](n2ccnc2-c2cc3n(n2)CCCNC3)CC1=O. The summed E-state index contributed by atoms with van der Waals surface area (Å²) in [4.78, 5) is 18.7. The molecule has 7 nitrogen and oxygen atoms in total. The molecule has 0 aromatic carbocycles. The number of imidazole rings is 1. The smallest absolute Gasteiger partial charge is 0.224 e. The number of carbonyl (C=O) groups is 1. The number of carbonyl (C=O) groups excluding carboxylic acids is 1. The van der Waals surface area contributed by atoms with Crippen LogP contribution in [0, 0.1) is 0 Å². The fourth-order valence-corrected chi connectivity index (χ4v) is 3.70. The van der Waals surface area contributed by atoms with Crippen LogP contribution in [0.25, 0.3) is 11.5 Å². The molecule has 2 aliphatic rings. The normalized spacial score (nSPS) is 21.1. The van der Waals surface area contributed by atoms with Crippen LogP contribution in [0.3, 0.4) is 0 Å². The molecule has 4 heterocycles. The molecule has 2 aromatic heterocycles. The Kier molecular flexibility index (Phi) is 4.10. The highest BCUT2D eigenvalue weighted by molar-refractivity contribution is 5.79. The summed E-state index contributed by atoms with van der Waals surface area (Å²) in [5.41, 5.74) is 2.10. The average molecular weight is 328 g/mol. The molecule has 0 radical (unpaired) electrons. The minimum atomic E-state index is 0.154. The van der Waals surface area contributed by atoms with E-state index >= 15 is 0 Å². The zero-order chi connectivity index (χ0) is 16.5. The van der Waals surface area contributed by atoms with Gasteiger partial charge in [0.1, 0.15) is 5.69 Å². The molecule has 1 amide bonds. The summed E-state index contributed by atoms with van der Waals surface area (Å²) in [6, 6.07) is 2.28. The van der Waals surface area contributed by atoms with Crippen molar-refractivity contribution in [2.45, 2.75) is 45.3 Å². The molecular weight excluding hydrogens is 304 g/mol. The van der Waals surface area contributed by atoms with Gasteiger partial charge in [-0.1, -0.05) is 6.92 Å². The zero-order valence-corrected chi connectivity index (χ0v) is 14.1. The van der Waals surface area contributed by atoms with Gasteiger partial charge in [-0.05, 0) is 25.5 Å². The van der Waals surface area contributed by atoms with Crippen molar-refractivity contribution in [3.63, 3.8) is 0 Å². The van der Waals surface area contributed by atoms with E-state index in [1.54, 1.807) is 0 Å². The summed E-state index contributed by atoms with van der Waals surface area (Å²) in [6.07, 6.45) is 6.43. The van der Waals surface area contributed by atoms with Crippen LogP contribution in [-0.4, -0.2) is 49.8 Å². The number of aromatic nitrogens is 4. The third-order valence-electron chi connectivity index (χ3n) is 4.87. The Bertz CT molecular complexity index is 710. The lowest BCUT2D eigenvalue weighted by atomic mass is 10.2. The van der Waals surface area contributed by atoms with Gasteiger partial charge in [0.15, 0.2) is 5.82 Å². The van der Waals surface area contributed by atoms with Gasteiger partial charge in [0.2, 0.25) is 5.91 Å². The lowest BCUT2D eigenvalue weighted by molar-refractivity contribution is -0.127. The number of aryl methyl sites for hydroxylation is 1. The Labute approximate surface area is 141 Å². The number of nitrogens with zero attached hydrogens (tertiary/aromatic N) is 5. The summed E-state index contributed by atoms with van der Waals surface area (Å²) >= 11 is 0. The van der Waals surface area contributed by atoms with Gasteiger partial charge in [-0.15, -0.1) is 0 Å². The fourth-order valence-electron chi connectivity index (χ4n) is 3.70. The van der Waals surface area contributed by atoms with Gasteiger partial charge in [0, 0.05) is 45.0 Å². The van der Waals surface area contributed by atoms with Crippen LogP contribution in [0.1, 0.15) is 37.9 Å². The van der Waals surface area contributed by atoms with Gasteiger partial charge in [-0.25, -0.2) is 4.98 Å². The van der Waals surface area contributed by atoms with Crippen LogP contribution in [0.5, 0.6) is 0 Å². The maximum Gasteiger partial charge on any atom is 0.224 e. The van der Waals surface area contributed by atoms with Gasteiger partial charge in [0.25, 0.3) is 0 Å². The van der Waals surface area contributed by atoms with Crippen LogP contribution >= 0.6 is 0 Å². The van der Waals surface area contributed by atoms with Crippen molar-refractivity contribution in [1.29, 1.82) is 0 Å². The first-order chi connectivity index (χ1) is 11.8. The molecule has 1 N–H and O–H groups in total. The molecule has 1 saturated heterocycles. The van der Waals surface area contributed by atoms with E-state index in [9.17, 15) is 4.79 Å². The van der Waals surface area contributed by atoms with Gasteiger partial charge >= 0.3 is 0 Å². The highest BCUT2D eigenvalue weighted by Gasteiger charge is 2.31. The summed E-state index contributed by atoms with van der Waals surface area (Å²) in [6.45, 7) is 6.53. The van der Waals surface area contributed by atoms with Crippen LogP contribution < -0.4 is 5.32 Å². The van der Waals surface area contributed by atoms with Crippen molar-refractivity contribution in [1.82, 2.24) is 29.5 Å². The number of nitrogens with one attached hydrogen (secondary N) is 1. The Morgan fingerprint density at radius 2 is 2.33 bits per heavy atom. The number of hydrogen-bond acceptors (Lipinski definition) is 4. The van der Waals surface area contributed by atoms with E-state index in [1.165, 1.54) is 5.69 Å². The lowest BCUT2D eigenvalue weighted by Crippen LogP contribution is -2.26. The Balaban J connectivity index is 1.60. The molecule has 0 aliphatic carbocycles. The summed E-state index contributed by atoms with van der Waals surface area (Å²) in [5.74, 6) is 1.11. The van der Waals surface area contributed by atoms with E-state index in [0.29, 0.717) is 6.42 Å². The molecule has 128 valence electrons. The minimum absolute atomic E-state index is 0.154. The van der Waals surface area contributed by atoms with Crippen LogP contribution in [-0.2, 0) is 17.9 Å². The second-order valence-electron chi connectivity index (χ2n) is 6.63. The lowest BCUT2D eigenvalue weighted by Gasteiger charge is -2.17. The van der Waals surface area contributed by atoms with Crippen molar-refractivity contribution in [2.75, 3.05) is 19.6 Å². The molecule has 0 spiro atoms. The third kappa shape index (κ3) is 2.73. The topological polar surface area (TPSA) is 68.0 Å². The van der Waals surface area contributed by atoms with Crippen molar-refractivity contribution in [3.05, 3.63) is 24.2 Å². The van der Waals surface area contributed by atoms with E-state index < -0.39 is 0 Å². The predicted molar refractivity (Wildman–Crippen MR) is 90.3 cm³/mol. The summed E-state index contributed by atoms with van der Waals surface area (Å²) in [5, 5.41) is 8.17. The first-order valence-corrected chi connectivity index (χ1v) is 8.84. The number of amides is 1. The van der Waals surface area contributed by atoms with E-state index in [0.717, 1.165) is 57.1 Å². The van der Waals surface area contributed by atoms with Crippen LogP contribution in [0.2, 0.25) is 0 Å². The highest BCUT2D eigenvalue weighted by Crippen LogP contribution is 2.28. The molecule has 24 heavy (non-hydrogen) atoms. The zero-order valence-electron chi connectivity index (χ0n) is 14.1. The number of hydrogen-bond donors (Lipinski definition) is 1. The largest absolute Gasteiger partial charge is 0.341 e.